The first-order valence-electron chi connectivity index (χ1n) is 8.71. The number of carbonyl (C=O) groups is 1. The molecule has 0 aliphatic heterocycles. The van der Waals surface area contributed by atoms with E-state index in [2.05, 4.69) is 10.6 Å². The van der Waals surface area contributed by atoms with Gasteiger partial charge in [0.15, 0.2) is 5.11 Å². The minimum Gasteiger partial charge on any atom is -0.332 e. The minimum absolute atomic E-state index is 0.106. The van der Waals surface area contributed by atoms with Gasteiger partial charge in [0.2, 0.25) is 0 Å². The van der Waals surface area contributed by atoms with Gasteiger partial charge in [0.05, 0.1) is 4.92 Å². The van der Waals surface area contributed by atoms with E-state index in [1.807, 2.05) is 66.7 Å². The zero-order valence-corrected chi connectivity index (χ0v) is 16.1. The summed E-state index contributed by atoms with van der Waals surface area (Å²) < 4.78 is 0. The third-order valence-corrected chi connectivity index (χ3v) is 4.19. The number of nitrogens with zero attached hydrogens (tertiary/aromatic N) is 1. The van der Waals surface area contributed by atoms with Gasteiger partial charge in [0, 0.05) is 23.4 Å². The van der Waals surface area contributed by atoms with Gasteiger partial charge >= 0.3 is 0 Å². The smallest absolute Gasteiger partial charge is 0.270 e. The van der Waals surface area contributed by atoms with Gasteiger partial charge in [-0.2, -0.15) is 0 Å². The topological polar surface area (TPSA) is 84.3 Å². The third-order valence-electron chi connectivity index (χ3n) is 3.98. The number of hydrogen-bond acceptors (Lipinski definition) is 4. The number of non-ortho nitro benzene ring substituents is 1. The van der Waals surface area contributed by atoms with Gasteiger partial charge in [-0.1, -0.05) is 60.7 Å². The molecule has 3 rings (SSSR count). The first kappa shape index (κ1) is 19.9. The van der Waals surface area contributed by atoms with Crippen molar-refractivity contribution in [2.75, 3.05) is 5.32 Å². The molecule has 144 valence electrons. The lowest BCUT2D eigenvalue weighted by molar-refractivity contribution is -0.384. The van der Waals surface area contributed by atoms with Crippen molar-refractivity contribution in [1.82, 2.24) is 5.32 Å². The molecule has 1 amide bonds. The van der Waals surface area contributed by atoms with Crippen molar-refractivity contribution in [3.05, 3.63) is 106 Å². The molecule has 0 saturated carbocycles. The highest BCUT2D eigenvalue weighted by Gasteiger charge is 2.12. The van der Waals surface area contributed by atoms with E-state index in [4.69, 9.17) is 12.2 Å². The average Bonchev–Trinajstić information content (AvgIpc) is 2.74. The Morgan fingerprint density at radius 2 is 1.55 bits per heavy atom. The molecule has 3 aromatic rings. The van der Waals surface area contributed by atoms with Crippen LogP contribution in [0.1, 0.15) is 21.5 Å². The van der Waals surface area contributed by atoms with Gasteiger partial charge in [-0.3, -0.25) is 20.2 Å². The highest BCUT2D eigenvalue weighted by molar-refractivity contribution is 7.80. The maximum atomic E-state index is 12.2. The van der Waals surface area contributed by atoms with Crippen LogP contribution < -0.4 is 10.6 Å². The number of anilines is 1. The second kappa shape index (κ2) is 9.38. The lowest BCUT2D eigenvalue weighted by Crippen LogP contribution is -2.34. The number of thiocarbonyl (C=S) groups is 1. The molecule has 2 N–H and O–H groups in total. The summed E-state index contributed by atoms with van der Waals surface area (Å²) in [6.07, 6.45) is 4.02. The Kier molecular flexibility index (Phi) is 6.44. The highest BCUT2D eigenvalue weighted by atomic mass is 32.1. The zero-order valence-electron chi connectivity index (χ0n) is 15.2. The predicted octanol–water partition coefficient (Wildman–Crippen LogP) is 4.89. The van der Waals surface area contributed by atoms with Crippen LogP contribution in [0.2, 0.25) is 0 Å². The summed E-state index contributed by atoms with van der Waals surface area (Å²) in [7, 11) is 0. The normalized spacial score (nSPS) is 10.5. The van der Waals surface area contributed by atoms with Gasteiger partial charge in [-0.05, 0) is 41.5 Å². The van der Waals surface area contributed by atoms with Crippen LogP contribution in [-0.4, -0.2) is 15.9 Å². The molecule has 0 spiro atoms. The molecule has 0 aliphatic carbocycles. The molecule has 0 heterocycles. The number of nitrogens with one attached hydrogen (secondary N) is 2. The van der Waals surface area contributed by atoms with Crippen molar-refractivity contribution >= 4 is 46.8 Å². The summed E-state index contributed by atoms with van der Waals surface area (Å²) in [5.41, 5.74) is 2.84. The number of nitro groups is 1. The van der Waals surface area contributed by atoms with E-state index in [1.165, 1.54) is 24.3 Å². The van der Waals surface area contributed by atoms with Crippen LogP contribution in [0.3, 0.4) is 0 Å². The fourth-order valence-corrected chi connectivity index (χ4v) is 2.74. The van der Waals surface area contributed by atoms with Crippen molar-refractivity contribution in [3.63, 3.8) is 0 Å². The van der Waals surface area contributed by atoms with Gasteiger partial charge in [-0.25, -0.2) is 0 Å². The van der Waals surface area contributed by atoms with Crippen LogP contribution in [0, 0.1) is 10.1 Å². The highest BCUT2D eigenvalue weighted by Crippen LogP contribution is 2.14. The maximum Gasteiger partial charge on any atom is 0.270 e. The fraction of sp³-hybridized carbons (Fsp3) is 0. The molecule has 0 atom stereocenters. The Labute approximate surface area is 173 Å². The van der Waals surface area contributed by atoms with E-state index in [9.17, 15) is 14.9 Å². The van der Waals surface area contributed by atoms with Gasteiger partial charge in [0.25, 0.3) is 11.6 Å². The number of amides is 1. The molecule has 0 bridgehead atoms. The second-order valence-electron chi connectivity index (χ2n) is 6.08. The van der Waals surface area contributed by atoms with Crippen LogP contribution in [0.4, 0.5) is 11.4 Å². The Balaban J connectivity index is 1.58. The third kappa shape index (κ3) is 5.82. The van der Waals surface area contributed by atoms with Crippen LogP contribution in [-0.2, 0) is 0 Å². The van der Waals surface area contributed by atoms with E-state index >= 15 is 0 Å². The monoisotopic (exact) mass is 403 g/mol. The molecule has 0 saturated heterocycles. The van der Waals surface area contributed by atoms with Crippen LogP contribution in [0.5, 0.6) is 0 Å². The predicted molar refractivity (Wildman–Crippen MR) is 119 cm³/mol. The van der Waals surface area contributed by atoms with Crippen LogP contribution >= 0.6 is 12.2 Å². The van der Waals surface area contributed by atoms with Crippen molar-refractivity contribution in [2.45, 2.75) is 0 Å². The molecule has 0 unspecified atom stereocenters. The van der Waals surface area contributed by atoms with E-state index in [0.29, 0.717) is 5.69 Å². The average molecular weight is 403 g/mol. The molecule has 3 aromatic carbocycles. The van der Waals surface area contributed by atoms with Crippen molar-refractivity contribution < 1.29 is 9.72 Å². The Hall–Kier alpha value is -3.84. The van der Waals surface area contributed by atoms with Crippen molar-refractivity contribution in [2.24, 2.45) is 0 Å². The minimum atomic E-state index is -0.554. The maximum absolute atomic E-state index is 12.2. The van der Waals surface area contributed by atoms with E-state index < -0.39 is 10.8 Å². The molecular weight excluding hydrogens is 386 g/mol. The van der Waals surface area contributed by atoms with Gasteiger partial charge < -0.3 is 5.32 Å². The Bertz CT molecular complexity index is 1060. The molecule has 6 nitrogen and oxygen atoms in total. The lowest BCUT2D eigenvalue weighted by atomic mass is 10.1. The summed E-state index contributed by atoms with van der Waals surface area (Å²) in [5, 5.41) is 16.4. The Morgan fingerprint density at radius 1 is 0.897 bits per heavy atom. The summed E-state index contributed by atoms with van der Waals surface area (Å²) in [6.45, 7) is 0. The van der Waals surface area contributed by atoms with Crippen LogP contribution in [0.25, 0.3) is 12.2 Å². The molecule has 0 radical (unpaired) electrons. The van der Waals surface area contributed by atoms with Crippen molar-refractivity contribution in [1.29, 1.82) is 0 Å². The summed E-state index contributed by atoms with van der Waals surface area (Å²) >= 11 is 5.15. The standard InChI is InChI=1S/C22H17N3O3S/c26-21(18-7-4-8-20(15-18)25(27)28)24-22(29)23-19-13-11-17(12-14-19)10-9-16-5-2-1-3-6-16/h1-15H,(H2,23,24,26,29)/b10-9+. The molecule has 7 heteroatoms. The number of nitro benzene ring substituents is 1. The van der Waals surface area contributed by atoms with E-state index in [0.717, 1.165) is 11.1 Å². The van der Waals surface area contributed by atoms with Crippen LogP contribution in [0.15, 0.2) is 78.9 Å². The molecule has 0 fully saturated rings. The van der Waals surface area contributed by atoms with Crippen molar-refractivity contribution in [3.8, 4) is 0 Å². The quantitative estimate of drug-likeness (QED) is 0.274. The zero-order chi connectivity index (χ0) is 20.6. The molecule has 29 heavy (non-hydrogen) atoms. The number of hydrogen-bond donors (Lipinski definition) is 2. The molecule has 0 aliphatic rings. The van der Waals surface area contributed by atoms with Gasteiger partial charge in [-0.15, -0.1) is 0 Å². The largest absolute Gasteiger partial charge is 0.332 e. The van der Waals surface area contributed by atoms with Gasteiger partial charge in [0.1, 0.15) is 0 Å². The van der Waals surface area contributed by atoms with E-state index in [-0.39, 0.29) is 16.4 Å². The molecular formula is C22H17N3O3S. The summed E-state index contributed by atoms with van der Waals surface area (Å²) in [5.74, 6) is -0.520. The number of benzene rings is 3. The number of carbonyl (C=O) groups excluding carboxylic acids is 1. The fourth-order valence-electron chi connectivity index (χ4n) is 2.53. The number of rotatable bonds is 5. The summed E-state index contributed by atoms with van der Waals surface area (Å²) in [4.78, 5) is 22.5. The lowest BCUT2D eigenvalue weighted by Gasteiger charge is -2.10. The molecule has 0 aromatic heterocycles. The summed E-state index contributed by atoms with van der Waals surface area (Å²) in [6, 6.07) is 23.0. The second-order valence-corrected chi connectivity index (χ2v) is 6.49. The first-order chi connectivity index (χ1) is 14.0. The Morgan fingerprint density at radius 3 is 2.21 bits per heavy atom. The first-order valence-corrected chi connectivity index (χ1v) is 9.12. The van der Waals surface area contributed by atoms with E-state index in [1.54, 1.807) is 0 Å². The SMILES string of the molecule is O=C(NC(=S)Nc1ccc(/C=C/c2ccccc2)cc1)c1cccc([N+](=O)[O-])c1.